The van der Waals surface area contributed by atoms with Gasteiger partial charge in [-0.1, -0.05) is 61.4 Å². The minimum absolute atomic E-state index is 0.0305. The van der Waals surface area contributed by atoms with Crippen molar-refractivity contribution in [2.45, 2.75) is 70.5 Å². The van der Waals surface area contributed by atoms with Gasteiger partial charge < -0.3 is 9.88 Å². The lowest BCUT2D eigenvalue weighted by molar-refractivity contribution is 0.153. The monoisotopic (exact) mass is 533 g/mol. The summed E-state index contributed by atoms with van der Waals surface area (Å²) >= 11 is 0. The topological polar surface area (TPSA) is 72.5 Å². The number of rotatable bonds is 7. The van der Waals surface area contributed by atoms with Crippen LogP contribution in [0.4, 0.5) is 5.69 Å². The lowest BCUT2D eigenvalue weighted by Gasteiger charge is -2.41. The third-order valence-corrected chi connectivity index (χ3v) is 11.1. The molecular formula is C30H39N5O2S. The number of aromatic nitrogens is 2. The minimum atomic E-state index is -3.58. The Hall–Kier alpha value is -2.68. The molecule has 1 aromatic heterocycles. The first-order valence-electron chi connectivity index (χ1n) is 14.1. The summed E-state index contributed by atoms with van der Waals surface area (Å²) in [5.74, 6) is 0. The van der Waals surface area contributed by atoms with Gasteiger partial charge in [0, 0.05) is 44.1 Å². The number of piperidine rings is 1. The molecule has 202 valence electrons. The first-order chi connectivity index (χ1) is 18.5. The molecule has 1 saturated carbocycles. The summed E-state index contributed by atoms with van der Waals surface area (Å²) in [6, 6.07) is 18.8. The highest BCUT2D eigenvalue weighted by molar-refractivity contribution is 7.86. The SMILES string of the molecule is O=S(=O)(N1CCC2(CCCC2)CC1)N1Cc2ccccc2N(Cc2cnc[nH]2)[C@H](CCc2ccccc2)C1. The van der Waals surface area contributed by atoms with Crippen LogP contribution >= 0.6 is 0 Å². The molecular weight excluding hydrogens is 494 g/mol. The lowest BCUT2D eigenvalue weighted by atomic mass is 9.78. The van der Waals surface area contributed by atoms with Crippen LogP contribution in [0.25, 0.3) is 0 Å². The Kier molecular flexibility index (Phi) is 7.29. The van der Waals surface area contributed by atoms with Crippen molar-refractivity contribution in [3.8, 4) is 0 Å². The number of anilines is 1. The van der Waals surface area contributed by atoms with Gasteiger partial charge in [-0.05, 0) is 61.1 Å². The number of aromatic amines is 1. The highest BCUT2D eigenvalue weighted by atomic mass is 32.2. The molecule has 3 aliphatic rings. The third-order valence-electron chi connectivity index (χ3n) is 9.11. The van der Waals surface area contributed by atoms with E-state index in [1.54, 1.807) is 14.9 Å². The maximum absolute atomic E-state index is 14.2. The number of hydrogen-bond donors (Lipinski definition) is 1. The maximum atomic E-state index is 14.2. The number of H-pyrrole nitrogens is 1. The van der Waals surface area contributed by atoms with Gasteiger partial charge in [0.05, 0.1) is 18.6 Å². The molecule has 1 N–H and O–H groups in total. The molecule has 1 atom stereocenters. The van der Waals surface area contributed by atoms with Crippen molar-refractivity contribution in [2.75, 3.05) is 24.5 Å². The van der Waals surface area contributed by atoms with Gasteiger partial charge in [0.25, 0.3) is 10.2 Å². The van der Waals surface area contributed by atoms with Crippen LogP contribution in [0.2, 0.25) is 0 Å². The second kappa shape index (κ2) is 10.8. The number of aryl methyl sites for hydroxylation is 1. The molecule has 3 aromatic rings. The Bertz CT molecular complexity index is 1300. The number of hydrogen-bond acceptors (Lipinski definition) is 4. The summed E-state index contributed by atoms with van der Waals surface area (Å²) in [7, 11) is -3.58. The van der Waals surface area contributed by atoms with Gasteiger partial charge >= 0.3 is 0 Å². The Morgan fingerprint density at radius 3 is 2.39 bits per heavy atom. The number of nitrogens with one attached hydrogen (secondary N) is 1. The Morgan fingerprint density at radius 1 is 0.921 bits per heavy atom. The van der Waals surface area contributed by atoms with E-state index in [9.17, 15) is 8.42 Å². The van der Waals surface area contributed by atoms with Gasteiger partial charge in [-0.3, -0.25) is 0 Å². The van der Waals surface area contributed by atoms with E-state index in [0.717, 1.165) is 42.6 Å². The van der Waals surface area contributed by atoms with E-state index in [-0.39, 0.29) is 6.04 Å². The molecule has 0 bridgehead atoms. The molecule has 3 heterocycles. The van der Waals surface area contributed by atoms with Crippen LogP contribution in [0.3, 0.4) is 0 Å². The second-order valence-corrected chi connectivity index (χ2v) is 13.3. The molecule has 2 aromatic carbocycles. The number of imidazole rings is 1. The van der Waals surface area contributed by atoms with Crippen LogP contribution in [0.1, 0.15) is 61.8 Å². The van der Waals surface area contributed by atoms with Crippen LogP contribution in [-0.2, 0) is 29.7 Å². The molecule has 7 nitrogen and oxygen atoms in total. The molecule has 8 heteroatoms. The van der Waals surface area contributed by atoms with Crippen molar-refractivity contribution in [1.29, 1.82) is 0 Å². The van der Waals surface area contributed by atoms with E-state index in [1.165, 1.54) is 31.2 Å². The van der Waals surface area contributed by atoms with Crippen LogP contribution in [0, 0.1) is 5.41 Å². The van der Waals surface area contributed by atoms with Gasteiger partial charge in [-0.25, -0.2) is 4.98 Å². The molecule has 2 fully saturated rings. The van der Waals surface area contributed by atoms with Crippen molar-refractivity contribution in [3.63, 3.8) is 0 Å². The molecule has 0 radical (unpaired) electrons. The molecule has 1 spiro atoms. The lowest BCUT2D eigenvalue weighted by Crippen LogP contribution is -2.51. The molecule has 1 saturated heterocycles. The number of para-hydroxylation sites is 1. The number of fused-ring (bicyclic) bond motifs is 1. The Balaban J connectivity index is 1.29. The summed E-state index contributed by atoms with van der Waals surface area (Å²) < 4.78 is 31.9. The average molecular weight is 534 g/mol. The van der Waals surface area contributed by atoms with Crippen molar-refractivity contribution in [2.24, 2.45) is 5.41 Å². The largest absolute Gasteiger partial charge is 0.361 e. The van der Waals surface area contributed by atoms with Crippen molar-refractivity contribution < 1.29 is 8.42 Å². The van der Waals surface area contributed by atoms with Crippen molar-refractivity contribution in [3.05, 3.63) is 83.9 Å². The summed E-state index contributed by atoms with van der Waals surface area (Å²) in [5, 5.41) is 0. The smallest absolute Gasteiger partial charge is 0.282 e. The van der Waals surface area contributed by atoms with Crippen LogP contribution < -0.4 is 4.90 Å². The Morgan fingerprint density at radius 2 is 1.66 bits per heavy atom. The fourth-order valence-electron chi connectivity index (χ4n) is 6.86. The molecule has 38 heavy (non-hydrogen) atoms. The van der Waals surface area contributed by atoms with E-state index in [1.807, 2.05) is 18.3 Å². The first-order valence-corrected chi connectivity index (χ1v) is 15.5. The normalized spacial score (nSPS) is 22.4. The fraction of sp³-hybridized carbons (Fsp3) is 0.500. The van der Waals surface area contributed by atoms with E-state index in [0.29, 0.717) is 38.1 Å². The van der Waals surface area contributed by atoms with Crippen LogP contribution in [0.15, 0.2) is 67.1 Å². The van der Waals surface area contributed by atoms with E-state index in [4.69, 9.17) is 0 Å². The molecule has 0 unspecified atom stereocenters. The van der Waals surface area contributed by atoms with E-state index < -0.39 is 10.2 Å². The summed E-state index contributed by atoms with van der Waals surface area (Å²) in [4.78, 5) is 9.88. The molecule has 6 rings (SSSR count). The number of nitrogens with zero attached hydrogens (tertiary/aromatic N) is 4. The quantitative estimate of drug-likeness (QED) is 0.457. The maximum Gasteiger partial charge on any atom is 0.282 e. The number of benzene rings is 2. The molecule has 1 aliphatic carbocycles. The minimum Gasteiger partial charge on any atom is -0.361 e. The fourth-order valence-corrected chi connectivity index (χ4v) is 8.49. The van der Waals surface area contributed by atoms with Gasteiger partial charge in [0.1, 0.15) is 0 Å². The van der Waals surface area contributed by atoms with Crippen molar-refractivity contribution >= 4 is 15.9 Å². The van der Waals surface area contributed by atoms with Gasteiger partial charge in [-0.15, -0.1) is 0 Å². The van der Waals surface area contributed by atoms with Gasteiger partial charge in [-0.2, -0.15) is 17.0 Å². The summed E-state index contributed by atoms with van der Waals surface area (Å²) in [6.45, 7) is 2.83. The first kappa shape index (κ1) is 25.6. The summed E-state index contributed by atoms with van der Waals surface area (Å²) in [5.41, 5.74) is 4.86. The zero-order chi connectivity index (χ0) is 26.0. The highest BCUT2D eigenvalue weighted by Crippen LogP contribution is 2.46. The molecule has 0 amide bonds. The Labute approximate surface area is 227 Å². The van der Waals surface area contributed by atoms with E-state index >= 15 is 0 Å². The van der Waals surface area contributed by atoms with E-state index in [2.05, 4.69) is 57.3 Å². The summed E-state index contributed by atoms with van der Waals surface area (Å²) in [6.07, 6.45) is 12.5. The van der Waals surface area contributed by atoms with Crippen LogP contribution in [0.5, 0.6) is 0 Å². The standard InChI is InChI=1S/C30H39N5O2S/c36-38(37,33-18-16-30(17-19-33)14-6-7-15-30)34-21-26-10-4-5-11-29(26)35(22-27-20-31-24-32-27)28(23-34)13-12-25-8-2-1-3-9-25/h1-5,8-11,20,24,28H,6-7,12-19,21-23H2,(H,31,32)/t28-/m1/s1. The third kappa shape index (κ3) is 5.26. The zero-order valence-electron chi connectivity index (χ0n) is 22.1. The van der Waals surface area contributed by atoms with Gasteiger partial charge in [0.15, 0.2) is 0 Å². The highest BCUT2D eigenvalue weighted by Gasteiger charge is 2.42. The predicted octanol–water partition coefficient (Wildman–Crippen LogP) is 5.13. The second-order valence-electron chi connectivity index (χ2n) is 11.4. The zero-order valence-corrected chi connectivity index (χ0v) is 23.0. The molecule has 2 aliphatic heterocycles. The van der Waals surface area contributed by atoms with Gasteiger partial charge in [0.2, 0.25) is 0 Å². The van der Waals surface area contributed by atoms with Crippen LogP contribution in [-0.4, -0.2) is 52.7 Å². The average Bonchev–Trinajstić information content (AvgIpc) is 3.60. The predicted molar refractivity (Wildman–Crippen MR) is 151 cm³/mol. The van der Waals surface area contributed by atoms with Crippen molar-refractivity contribution in [1.82, 2.24) is 18.6 Å².